The summed E-state index contributed by atoms with van der Waals surface area (Å²) in [6.45, 7) is 1.03. The van der Waals surface area contributed by atoms with Gasteiger partial charge in [-0.15, -0.1) is 11.3 Å². The number of hydrogen-bond acceptors (Lipinski definition) is 5. The number of fused-ring (bicyclic) bond motifs is 1. The molecule has 2 aliphatic heterocycles. The number of nitrogens with one attached hydrogen (secondary N) is 2. The molecule has 0 saturated carbocycles. The first-order valence-electron chi connectivity index (χ1n) is 10.8. The summed E-state index contributed by atoms with van der Waals surface area (Å²) in [6, 6.07) is 12.6. The van der Waals surface area contributed by atoms with Gasteiger partial charge in [0.15, 0.2) is 0 Å². The van der Waals surface area contributed by atoms with Gasteiger partial charge in [-0.3, -0.25) is 9.59 Å². The summed E-state index contributed by atoms with van der Waals surface area (Å²) < 4.78 is 13.1. The Morgan fingerprint density at radius 3 is 2.67 bits per heavy atom. The van der Waals surface area contributed by atoms with Crippen LogP contribution in [0.15, 0.2) is 53.9 Å². The molecule has 1 aromatic heterocycles. The van der Waals surface area contributed by atoms with Crippen molar-refractivity contribution in [2.75, 3.05) is 6.54 Å². The Balaban J connectivity index is 1.19. The Morgan fingerprint density at radius 1 is 1.15 bits per heavy atom. The summed E-state index contributed by atoms with van der Waals surface area (Å²) >= 11 is 7.46. The van der Waals surface area contributed by atoms with E-state index in [2.05, 4.69) is 15.6 Å². The van der Waals surface area contributed by atoms with E-state index in [9.17, 15) is 14.0 Å². The summed E-state index contributed by atoms with van der Waals surface area (Å²) in [5.41, 5.74) is 2.62. The van der Waals surface area contributed by atoms with E-state index in [1.54, 1.807) is 29.2 Å². The van der Waals surface area contributed by atoms with Crippen LogP contribution in [0.5, 0.6) is 0 Å². The number of benzene rings is 2. The van der Waals surface area contributed by atoms with Crippen LogP contribution >= 0.6 is 22.9 Å². The largest absolute Gasteiger partial charge is 0.342 e. The lowest BCUT2D eigenvalue weighted by Gasteiger charge is -2.34. The van der Waals surface area contributed by atoms with Crippen LogP contribution in [0, 0.1) is 5.82 Å². The summed E-state index contributed by atoms with van der Waals surface area (Å²) in [6.07, 6.45) is 1.01. The zero-order chi connectivity index (χ0) is 22.9. The maximum atomic E-state index is 13.1. The van der Waals surface area contributed by atoms with Gasteiger partial charge in [0.25, 0.3) is 0 Å². The van der Waals surface area contributed by atoms with Crippen LogP contribution in [0.4, 0.5) is 4.39 Å². The lowest BCUT2D eigenvalue weighted by molar-refractivity contribution is -0.147. The number of piperazine rings is 1. The van der Waals surface area contributed by atoms with Gasteiger partial charge in [-0.1, -0.05) is 23.7 Å². The van der Waals surface area contributed by atoms with Crippen molar-refractivity contribution in [2.24, 2.45) is 0 Å². The van der Waals surface area contributed by atoms with Gasteiger partial charge in [-0.25, -0.2) is 9.37 Å². The molecule has 3 heterocycles. The molecule has 2 aliphatic rings. The van der Waals surface area contributed by atoms with Crippen LogP contribution < -0.4 is 10.6 Å². The minimum Gasteiger partial charge on any atom is -0.342 e. The first-order chi connectivity index (χ1) is 16.0. The molecule has 2 N–H and O–H groups in total. The average Bonchev–Trinajstić information content (AvgIpc) is 3.46. The number of nitrogens with zero attached hydrogens (tertiary/aromatic N) is 2. The minimum atomic E-state index is -0.564. The smallest absolute Gasteiger partial charge is 0.246 e. The molecule has 2 amide bonds. The highest BCUT2D eigenvalue weighted by Gasteiger charge is 2.46. The first-order valence-corrected chi connectivity index (χ1v) is 12.0. The molecule has 170 valence electrons. The molecule has 33 heavy (non-hydrogen) atoms. The van der Waals surface area contributed by atoms with Crippen molar-refractivity contribution in [1.29, 1.82) is 0 Å². The summed E-state index contributed by atoms with van der Waals surface area (Å²) in [7, 11) is 0. The second-order valence-corrected chi connectivity index (χ2v) is 9.72. The Hall–Kier alpha value is -2.81. The molecular weight excluding hydrogens is 463 g/mol. The van der Waals surface area contributed by atoms with Gasteiger partial charge in [-0.2, -0.15) is 0 Å². The van der Waals surface area contributed by atoms with Crippen LogP contribution in [0.25, 0.3) is 11.3 Å². The van der Waals surface area contributed by atoms with Crippen molar-refractivity contribution in [3.8, 4) is 11.3 Å². The standard InChI is InChI=1S/C24H22ClFN4O2S/c25-16-5-1-14(2-6-16)9-19-24(32)30-12-18(10-21(30)23(31)29-19)27-11-22-28-20(13-33-22)15-3-7-17(26)8-4-15/h1-8,13,18-19,21,27H,9-12H2,(H,29,31)/t18-,19-,21-/m0/s1. The van der Waals surface area contributed by atoms with Gasteiger partial charge in [0.1, 0.15) is 22.9 Å². The predicted octanol–water partition coefficient (Wildman–Crippen LogP) is 3.40. The van der Waals surface area contributed by atoms with Crippen LogP contribution in [0.1, 0.15) is 17.0 Å². The third-order valence-electron chi connectivity index (χ3n) is 6.09. The molecule has 2 aromatic carbocycles. The highest BCUT2D eigenvalue weighted by atomic mass is 35.5. The van der Waals surface area contributed by atoms with Crippen molar-refractivity contribution < 1.29 is 14.0 Å². The Kier molecular flexibility index (Phi) is 6.14. The molecule has 0 radical (unpaired) electrons. The fourth-order valence-electron chi connectivity index (χ4n) is 4.38. The van der Waals surface area contributed by atoms with E-state index in [4.69, 9.17) is 11.6 Å². The average molecular weight is 485 g/mol. The highest BCUT2D eigenvalue weighted by Crippen LogP contribution is 2.26. The zero-order valence-corrected chi connectivity index (χ0v) is 19.2. The number of rotatable bonds is 6. The number of halogens is 2. The molecule has 9 heteroatoms. The second kappa shape index (κ2) is 9.21. The van der Waals surface area contributed by atoms with E-state index in [1.807, 2.05) is 17.5 Å². The number of amides is 2. The molecule has 0 aliphatic carbocycles. The van der Waals surface area contributed by atoms with Crippen LogP contribution in [0.2, 0.25) is 5.02 Å². The molecule has 5 rings (SSSR count). The van der Waals surface area contributed by atoms with Gasteiger partial charge in [0, 0.05) is 41.5 Å². The van der Waals surface area contributed by atoms with Crippen molar-refractivity contribution in [3.63, 3.8) is 0 Å². The highest BCUT2D eigenvalue weighted by molar-refractivity contribution is 7.09. The molecule has 0 unspecified atom stereocenters. The first kappa shape index (κ1) is 22.0. The number of hydrogen-bond donors (Lipinski definition) is 2. The number of thiazole rings is 1. The lowest BCUT2D eigenvalue weighted by atomic mass is 10.0. The second-order valence-electron chi connectivity index (χ2n) is 8.35. The van der Waals surface area contributed by atoms with Crippen molar-refractivity contribution in [3.05, 3.63) is 75.3 Å². The van der Waals surface area contributed by atoms with Crippen LogP contribution in [0.3, 0.4) is 0 Å². The van der Waals surface area contributed by atoms with E-state index >= 15 is 0 Å². The van der Waals surface area contributed by atoms with Gasteiger partial charge >= 0.3 is 0 Å². The van der Waals surface area contributed by atoms with E-state index in [-0.39, 0.29) is 23.7 Å². The summed E-state index contributed by atoms with van der Waals surface area (Å²) in [5.74, 6) is -0.431. The van der Waals surface area contributed by atoms with Gasteiger partial charge in [0.2, 0.25) is 11.8 Å². The number of carbonyl (C=O) groups excluding carboxylic acids is 2. The number of carbonyl (C=O) groups is 2. The fourth-order valence-corrected chi connectivity index (χ4v) is 5.26. The third-order valence-corrected chi connectivity index (χ3v) is 7.19. The normalized spacial score (nSPS) is 22.4. The quantitative estimate of drug-likeness (QED) is 0.562. The molecule has 3 aromatic rings. The minimum absolute atomic E-state index is 0.0113. The summed E-state index contributed by atoms with van der Waals surface area (Å²) in [5, 5.41) is 9.81. The van der Waals surface area contributed by atoms with E-state index < -0.39 is 12.1 Å². The SMILES string of the molecule is O=C1N[C@@H](Cc2ccc(Cl)cc2)C(=O)N2C[C@@H](NCc3nc(-c4ccc(F)cc4)cs3)C[C@@H]12. The molecule has 2 fully saturated rings. The molecule has 0 spiro atoms. The van der Waals surface area contributed by atoms with Crippen molar-refractivity contribution in [2.45, 2.75) is 37.5 Å². The fraction of sp³-hybridized carbons (Fsp3) is 0.292. The van der Waals surface area contributed by atoms with Crippen molar-refractivity contribution in [1.82, 2.24) is 20.5 Å². The Morgan fingerprint density at radius 2 is 1.91 bits per heavy atom. The molecule has 2 saturated heterocycles. The van der Waals surface area contributed by atoms with Gasteiger partial charge < -0.3 is 15.5 Å². The molecular formula is C24H22ClFN4O2S. The lowest BCUT2D eigenvalue weighted by Crippen LogP contribution is -2.61. The maximum Gasteiger partial charge on any atom is 0.246 e. The monoisotopic (exact) mass is 484 g/mol. The van der Waals surface area contributed by atoms with E-state index in [0.717, 1.165) is 21.8 Å². The number of aromatic nitrogens is 1. The van der Waals surface area contributed by atoms with E-state index in [1.165, 1.54) is 23.5 Å². The molecule has 0 bridgehead atoms. The van der Waals surface area contributed by atoms with Crippen LogP contribution in [-0.2, 0) is 22.6 Å². The van der Waals surface area contributed by atoms with Crippen molar-refractivity contribution >= 4 is 34.8 Å². The Labute approximate surface area is 199 Å². The van der Waals surface area contributed by atoms with Gasteiger partial charge in [0.05, 0.1) is 5.69 Å². The van der Waals surface area contributed by atoms with E-state index in [0.29, 0.717) is 31.0 Å². The van der Waals surface area contributed by atoms with Crippen LogP contribution in [-0.4, -0.2) is 46.4 Å². The zero-order valence-electron chi connectivity index (χ0n) is 17.6. The Bertz CT molecular complexity index is 1170. The van der Waals surface area contributed by atoms with Gasteiger partial charge in [-0.05, 0) is 48.4 Å². The molecule has 6 nitrogen and oxygen atoms in total. The molecule has 3 atom stereocenters. The third kappa shape index (κ3) is 4.78. The summed E-state index contributed by atoms with van der Waals surface area (Å²) in [4.78, 5) is 32.1. The maximum absolute atomic E-state index is 13.1. The topological polar surface area (TPSA) is 74.3 Å². The predicted molar refractivity (Wildman–Crippen MR) is 125 cm³/mol.